The summed E-state index contributed by atoms with van der Waals surface area (Å²) in [4.78, 5) is 26.1. The summed E-state index contributed by atoms with van der Waals surface area (Å²) < 4.78 is 33.0. The van der Waals surface area contributed by atoms with Gasteiger partial charge in [0.15, 0.2) is 0 Å². The van der Waals surface area contributed by atoms with Crippen LogP contribution in [0.2, 0.25) is 0 Å². The van der Waals surface area contributed by atoms with E-state index in [9.17, 15) is 18.0 Å². The fourth-order valence-corrected chi connectivity index (χ4v) is 7.22. The van der Waals surface area contributed by atoms with Crippen LogP contribution >= 0.6 is 11.3 Å². The van der Waals surface area contributed by atoms with Crippen LogP contribution in [0.15, 0.2) is 29.2 Å². The summed E-state index contributed by atoms with van der Waals surface area (Å²) in [5.41, 5.74) is 7.23. The molecule has 2 amide bonds. The molecule has 2 aromatic rings. The van der Waals surface area contributed by atoms with Gasteiger partial charge in [-0.25, -0.2) is 8.42 Å². The molecule has 10 heteroatoms. The van der Waals surface area contributed by atoms with E-state index in [2.05, 4.69) is 5.32 Å². The predicted molar refractivity (Wildman–Crippen MR) is 123 cm³/mol. The zero-order valence-electron chi connectivity index (χ0n) is 18.1. The molecule has 2 unspecified atom stereocenters. The molecule has 3 N–H and O–H groups in total. The molecule has 0 bridgehead atoms. The Morgan fingerprint density at radius 3 is 2.34 bits per heavy atom. The van der Waals surface area contributed by atoms with Gasteiger partial charge in [0.2, 0.25) is 10.0 Å². The van der Waals surface area contributed by atoms with Crippen LogP contribution in [0, 0.1) is 0 Å². The second-order valence-corrected chi connectivity index (χ2v) is 11.4. The number of primary amides is 1. The molecule has 1 aromatic carbocycles. The second-order valence-electron chi connectivity index (χ2n) is 8.34. The number of nitrogens with zero attached hydrogens (tertiary/aromatic N) is 1. The molecule has 1 aliphatic heterocycles. The van der Waals surface area contributed by atoms with Gasteiger partial charge in [0.1, 0.15) is 5.00 Å². The van der Waals surface area contributed by atoms with Gasteiger partial charge >= 0.3 is 0 Å². The van der Waals surface area contributed by atoms with E-state index >= 15 is 0 Å². The smallest absolute Gasteiger partial charge is 0.256 e. The van der Waals surface area contributed by atoms with Gasteiger partial charge in [-0.1, -0.05) is 0 Å². The molecule has 2 heterocycles. The summed E-state index contributed by atoms with van der Waals surface area (Å²) in [6.07, 6.45) is 3.33. The number of ether oxygens (including phenoxy) is 1. The molecular weight excluding hydrogens is 450 g/mol. The maximum Gasteiger partial charge on any atom is 0.256 e. The lowest BCUT2D eigenvalue weighted by Crippen LogP contribution is -2.48. The minimum absolute atomic E-state index is 0.125. The molecule has 1 aromatic heterocycles. The Balaban J connectivity index is 1.53. The molecule has 172 valence electrons. The minimum Gasteiger partial charge on any atom is -0.373 e. The summed E-state index contributed by atoms with van der Waals surface area (Å²) in [5.74, 6) is -0.959. The molecule has 2 aliphatic rings. The normalized spacial score (nSPS) is 21.7. The summed E-state index contributed by atoms with van der Waals surface area (Å²) in [6.45, 7) is 4.25. The van der Waals surface area contributed by atoms with Crippen molar-refractivity contribution in [1.82, 2.24) is 4.31 Å². The van der Waals surface area contributed by atoms with Crippen LogP contribution in [0.5, 0.6) is 0 Å². The number of hydrogen-bond acceptors (Lipinski definition) is 6. The highest BCUT2D eigenvalue weighted by Gasteiger charge is 2.32. The Bertz CT molecular complexity index is 1130. The van der Waals surface area contributed by atoms with E-state index in [1.807, 2.05) is 13.8 Å². The fourth-order valence-electron chi connectivity index (χ4n) is 4.34. The van der Waals surface area contributed by atoms with Crippen molar-refractivity contribution >= 4 is 38.2 Å². The van der Waals surface area contributed by atoms with Crippen LogP contribution in [-0.2, 0) is 27.6 Å². The number of hydrogen-bond donors (Lipinski definition) is 2. The highest BCUT2D eigenvalue weighted by atomic mass is 32.2. The van der Waals surface area contributed by atoms with E-state index in [0.717, 1.165) is 36.1 Å². The van der Waals surface area contributed by atoms with Crippen molar-refractivity contribution in [2.45, 2.75) is 56.6 Å². The average Bonchev–Trinajstić information content (AvgIpc) is 3.11. The number of sulfonamides is 1. The number of benzene rings is 1. The quantitative estimate of drug-likeness (QED) is 0.686. The number of amides is 2. The van der Waals surface area contributed by atoms with Crippen LogP contribution < -0.4 is 11.1 Å². The van der Waals surface area contributed by atoms with Gasteiger partial charge in [0, 0.05) is 23.5 Å². The Morgan fingerprint density at radius 2 is 1.72 bits per heavy atom. The highest BCUT2D eigenvalue weighted by molar-refractivity contribution is 7.89. The lowest BCUT2D eigenvalue weighted by Gasteiger charge is -2.34. The molecular formula is C22H27N3O5S2. The fraction of sp³-hybridized carbons (Fsp3) is 0.455. The Labute approximate surface area is 191 Å². The van der Waals surface area contributed by atoms with Gasteiger partial charge in [-0.3, -0.25) is 9.59 Å². The first-order valence-corrected chi connectivity index (χ1v) is 12.9. The van der Waals surface area contributed by atoms with Crippen LogP contribution in [0.1, 0.15) is 57.8 Å². The number of aryl methyl sites for hydroxylation is 1. The first-order valence-electron chi connectivity index (χ1n) is 10.7. The minimum atomic E-state index is -3.69. The molecule has 1 fully saturated rings. The van der Waals surface area contributed by atoms with Crippen LogP contribution in [0.4, 0.5) is 5.00 Å². The first kappa shape index (κ1) is 22.9. The van der Waals surface area contributed by atoms with Crippen LogP contribution in [0.25, 0.3) is 0 Å². The van der Waals surface area contributed by atoms with Crippen molar-refractivity contribution in [1.29, 1.82) is 0 Å². The highest BCUT2D eigenvalue weighted by Crippen LogP contribution is 2.38. The molecule has 0 saturated carbocycles. The number of carbonyl (C=O) groups excluding carboxylic acids is 2. The molecule has 32 heavy (non-hydrogen) atoms. The summed E-state index contributed by atoms with van der Waals surface area (Å²) in [5, 5.41) is 3.26. The van der Waals surface area contributed by atoms with Crippen molar-refractivity contribution in [3.63, 3.8) is 0 Å². The molecule has 1 aliphatic carbocycles. The third-order valence-corrected chi connectivity index (χ3v) is 8.84. The number of fused-ring (bicyclic) bond motifs is 1. The van der Waals surface area contributed by atoms with Gasteiger partial charge < -0.3 is 15.8 Å². The zero-order valence-corrected chi connectivity index (χ0v) is 19.7. The average molecular weight is 478 g/mol. The van der Waals surface area contributed by atoms with Crippen molar-refractivity contribution in [2.24, 2.45) is 5.73 Å². The SMILES string of the molecule is CC1CN(S(=O)(=O)c2ccc(C(=O)Nc3sc4c(c3C(N)=O)CCCC4)cc2)CC(C)O1. The molecule has 8 nitrogen and oxygen atoms in total. The summed E-state index contributed by atoms with van der Waals surface area (Å²) in [7, 11) is -3.69. The standard InChI is InChI=1S/C22H27N3O5S2/c1-13-11-25(12-14(2)30-13)32(28,29)16-9-7-15(8-10-16)21(27)24-22-19(20(23)26)17-5-3-4-6-18(17)31-22/h7-10,13-14H,3-6,11-12H2,1-2H3,(H2,23,26)(H,24,27). The van der Waals surface area contributed by atoms with Crippen molar-refractivity contribution < 1.29 is 22.7 Å². The van der Waals surface area contributed by atoms with E-state index in [-0.39, 0.29) is 30.2 Å². The molecule has 2 atom stereocenters. The number of anilines is 1. The maximum atomic E-state index is 13.0. The second kappa shape index (κ2) is 8.93. The lowest BCUT2D eigenvalue weighted by molar-refractivity contribution is -0.0440. The third-order valence-electron chi connectivity index (χ3n) is 5.79. The van der Waals surface area contributed by atoms with E-state index in [0.29, 0.717) is 16.1 Å². The van der Waals surface area contributed by atoms with Crippen molar-refractivity contribution in [3.8, 4) is 0 Å². The molecule has 0 spiro atoms. The number of carbonyl (C=O) groups is 2. The molecule has 1 saturated heterocycles. The number of rotatable bonds is 5. The monoisotopic (exact) mass is 477 g/mol. The van der Waals surface area contributed by atoms with Gasteiger partial charge in [-0.15, -0.1) is 11.3 Å². The van der Waals surface area contributed by atoms with E-state index in [1.165, 1.54) is 39.9 Å². The van der Waals surface area contributed by atoms with E-state index in [4.69, 9.17) is 10.5 Å². The first-order chi connectivity index (χ1) is 15.2. The molecule has 4 rings (SSSR count). The van der Waals surface area contributed by atoms with Gasteiger partial charge in [-0.05, 0) is 69.4 Å². The Hall–Kier alpha value is -2.27. The van der Waals surface area contributed by atoms with Gasteiger partial charge in [0.25, 0.3) is 11.8 Å². The van der Waals surface area contributed by atoms with Gasteiger partial charge in [0.05, 0.1) is 22.7 Å². The number of nitrogens with two attached hydrogens (primary N) is 1. The van der Waals surface area contributed by atoms with Crippen LogP contribution in [-0.4, -0.2) is 49.8 Å². The zero-order chi connectivity index (χ0) is 23.0. The van der Waals surface area contributed by atoms with Gasteiger partial charge in [-0.2, -0.15) is 4.31 Å². The van der Waals surface area contributed by atoms with E-state index in [1.54, 1.807) is 0 Å². The number of morpholine rings is 1. The molecule has 0 radical (unpaired) electrons. The summed E-state index contributed by atoms with van der Waals surface area (Å²) in [6, 6.07) is 5.83. The summed E-state index contributed by atoms with van der Waals surface area (Å²) >= 11 is 1.39. The number of thiophene rings is 1. The van der Waals surface area contributed by atoms with Crippen LogP contribution in [0.3, 0.4) is 0 Å². The largest absolute Gasteiger partial charge is 0.373 e. The predicted octanol–water partition coefficient (Wildman–Crippen LogP) is 2.78. The Kier molecular flexibility index (Phi) is 6.39. The maximum absolute atomic E-state index is 13.0. The lowest BCUT2D eigenvalue weighted by atomic mass is 9.95. The third kappa shape index (κ3) is 4.45. The number of nitrogens with one attached hydrogen (secondary N) is 1. The van der Waals surface area contributed by atoms with E-state index < -0.39 is 21.8 Å². The van der Waals surface area contributed by atoms with Crippen molar-refractivity contribution in [2.75, 3.05) is 18.4 Å². The Morgan fingerprint density at radius 1 is 1.09 bits per heavy atom. The van der Waals surface area contributed by atoms with Crippen molar-refractivity contribution in [3.05, 3.63) is 45.8 Å². The topological polar surface area (TPSA) is 119 Å².